The lowest BCUT2D eigenvalue weighted by Crippen LogP contribution is -2.50. The zero-order chi connectivity index (χ0) is 22.9. The normalized spacial score (nSPS) is 22.9. The Morgan fingerprint density at radius 2 is 1.50 bits per heavy atom. The number of aliphatic hydroxyl groups is 1. The van der Waals surface area contributed by atoms with Gasteiger partial charge in [0.15, 0.2) is 0 Å². The number of imide groups is 1. The topological polar surface area (TPSA) is 76.1 Å². The van der Waals surface area contributed by atoms with Crippen molar-refractivity contribution < 1.29 is 23.5 Å². The first-order valence-corrected chi connectivity index (χ1v) is 10.6. The number of hydrogen-bond donors (Lipinski definition) is 2. The molecule has 2 aliphatic rings. The van der Waals surface area contributed by atoms with Crippen molar-refractivity contribution in [1.29, 1.82) is 0 Å². The molecule has 0 aromatic heterocycles. The van der Waals surface area contributed by atoms with E-state index in [1.165, 1.54) is 36.4 Å². The first-order valence-electron chi connectivity index (χ1n) is 10.6. The highest BCUT2D eigenvalue weighted by molar-refractivity contribution is 6.07. The van der Waals surface area contributed by atoms with Gasteiger partial charge in [0, 0.05) is 38.4 Å². The van der Waals surface area contributed by atoms with Crippen molar-refractivity contribution in [2.75, 3.05) is 44.2 Å². The summed E-state index contributed by atoms with van der Waals surface area (Å²) in [7, 11) is 0. The number of rotatable bonds is 6. The SMILES string of the molecule is CC1(c2ccc(F)cc2)NC(=O)N(CC(O)CN2CCN(c3ccc(F)cc3)CC2)C1=O. The number of amides is 3. The van der Waals surface area contributed by atoms with Gasteiger partial charge in [0.2, 0.25) is 0 Å². The molecule has 2 unspecified atom stereocenters. The summed E-state index contributed by atoms with van der Waals surface area (Å²) in [6.07, 6.45) is -0.905. The number of carbonyl (C=O) groups is 2. The molecule has 32 heavy (non-hydrogen) atoms. The lowest BCUT2D eigenvalue weighted by atomic mass is 9.92. The van der Waals surface area contributed by atoms with Crippen LogP contribution in [0.25, 0.3) is 0 Å². The van der Waals surface area contributed by atoms with Crippen LogP contribution in [0, 0.1) is 11.6 Å². The van der Waals surface area contributed by atoms with Gasteiger partial charge in [0.25, 0.3) is 5.91 Å². The van der Waals surface area contributed by atoms with Crippen LogP contribution in [0.3, 0.4) is 0 Å². The van der Waals surface area contributed by atoms with Gasteiger partial charge in [-0.2, -0.15) is 0 Å². The number of benzene rings is 2. The Morgan fingerprint density at radius 1 is 0.938 bits per heavy atom. The molecule has 2 aromatic rings. The molecular formula is C23H26F2N4O3. The van der Waals surface area contributed by atoms with E-state index in [1.807, 2.05) is 0 Å². The monoisotopic (exact) mass is 444 g/mol. The maximum absolute atomic E-state index is 13.2. The number of nitrogens with zero attached hydrogens (tertiary/aromatic N) is 3. The van der Waals surface area contributed by atoms with Crippen LogP contribution in [0.15, 0.2) is 48.5 Å². The van der Waals surface area contributed by atoms with E-state index >= 15 is 0 Å². The molecule has 4 rings (SSSR count). The van der Waals surface area contributed by atoms with Crippen LogP contribution >= 0.6 is 0 Å². The average molecular weight is 444 g/mol. The Kier molecular flexibility index (Phi) is 6.12. The molecule has 9 heteroatoms. The molecule has 170 valence electrons. The lowest BCUT2D eigenvalue weighted by molar-refractivity contribution is -0.132. The second-order valence-electron chi connectivity index (χ2n) is 8.40. The molecule has 0 radical (unpaired) electrons. The molecular weight excluding hydrogens is 418 g/mol. The van der Waals surface area contributed by atoms with Crippen LogP contribution in [0.1, 0.15) is 12.5 Å². The molecule has 0 spiro atoms. The number of piperazine rings is 1. The lowest BCUT2D eigenvalue weighted by Gasteiger charge is -2.37. The van der Waals surface area contributed by atoms with E-state index < -0.39 is 29.4 Å². The Hall–Kier alpha value is -3.04. The van der Waals surface area contributed by atoms with E-state index in [0.29, 0.717) is 25.2 Å². The Bertz CT molecular complexity index is 978. The van der Waals surface area contributed by atoms with Crippen LogP contribution in [0.5, 0.6) is 0 Å². The fraction of sp³-hybridized carbons (Fsp3) is 0.391. The van der Waals surface area contributed by atoms with Crippen molar-refractivity contribution >= 4 is 17.6 Å². The van der Waals surface area contributed by atoms with Gasteiger partial charge in [-0.15, -0.1) is 0 Å². The van der Waals surface area contributed by atoms with Crippen molar-refractivity contribution in [1.82, 2.24) is 15.1 Å². The predicted octanol–water partition coefficient (Wildman–Crippen LogP) is 1.91. The minimum absolute atomic E-state index is 0.125. The molecule has 0 aliphatic carbocycles. The third kappa shape index (κ3) is 4.44. The number of nitrogens with one attached hydrogen (secondary N) is 1. The average Bonchev–Trinajstić information content (AvgIpc) is 2.99. The quantitative estimate of drug-likeness (QED) is 0.666. The van der Waals surface area contributed by atoms with Crippen molar-refractivity contribution in [3.63, 3.8) is 0 Å². The highest BCUT2D eigenvalue weighted by Crippen LogP contribution is 2.29. The maximum atomic E-state index is 13.2. The van der Waals surface area contributed by atoms with Gasteiger partial charge in [-0.1, -0.05) is 12.1 Å². The summed E-state index contributed by atoms with van der Waals surface area (Å²) in [6.45, 7) is 4.61. The summed E-state index contributed by atoms with van der Waals surface area (Å²) in [6, 6.07) is 11.2. The number of aliphatic hydroxyl groups excluding tert-OH is 1. The van der Waals surface area contributed by atoms with Crippen molar-refractivity contribution in [2.45, 2.75) is 18.6 Å². The molecule has 7 nitrogen and oxygen atoms in total. The molecule has 2 aliphatic heterocycles. The Morgan fingerprint density at radius 3 is 2.09 bits per heavy atom. The van der Waals surface area contributed by atoms with Crippen LogP contribution in [-0.4, -0.2) is 72.2 Å². The number of β-amino-alcohol motifs (C(OH)–C–C–N with tert-alkyl or cyclic N) is 1. The predicted molar refractivity (Wildman–Crippen MR) is 115 cm³/mol. The molecule has 2 fully saturated rings. The zero-order valence-electron chi connectivity index (χ0n) is 17.8. The summed E-state index contributed by atoms with van der Waals surface area (Å²) in [5, 5.41) is 13.2. The summed E-state index contributed by atoms with van der Waals surface area (Å²) in [4.78, 5) is 30.7. The van der Waals surface area contributed by atoms with E-state index in [4.69, 9.17) is 0 Å². The zero-order valence-corrected chi connectivity index (χ0v) is 17.8. The van der Waals surface area contributed by atoms with Gasteiger partial charge in [0.1, 0.15) is 17.2 Å². The smallest absolute Gasteiger partial charge is 0.325 e. The number of urea groups is 1. The van der Waals surface area contributed by atoms with E-state index in [9.17, 15) is 23.5 Å². The number of halogens is 2. The molecule has 2 saturated heterocycles. The third-order valence-electron chi connectivity index (χ3n) is 6.12. The minimum Gasteiger partial charge on any atom is -0.390 e. The van der Waals surface area contributed by atoms with E-state index in [-0.39, 0.29) is 12.4 Å². The van der Waals surface area contributed by atoms with Gasteiger partial charge < -0.3 is 15.3 Å². The largest absolute Gasteiger partial charge is 0.390 e. The molecule has 2 aromatic carbocycles. The summed E-state index contributed by atoms with van der Waals surface area (Å²) in [5.74, 6) is -1.18. The molecule has 3 amide bonds. The summed E-state index contributed by atoms with van der Waals surface area (Å²) < 4.78 is 26.4. The standard InChI is InChI=1S/C23H26F2N4O3/c1-23(16-2-4-17(24)5-3-16)21(31)29(22(32)26-23)15-20(30)14-27-10-12-28(13-11-27)19-8-6-18(25)7-9-19/h2-9,20,30H,10-15H2,1H3,(H,26,32). The molecule has 2 N–H and O–H groups in total. The number of hydrogen-bond acceptors (Lipinski definition) is 5. The molecule has 0 saturated carbocycles. The van der Waals surface area contributed by atoms with Crippen LogP contribution in [-0.2, 0) is 10.3 Å². The fourth-order valence-electron chi connectivity index (χ4n) is 4.25. The van der Waals surface area contributed by atoms with Crippen LogP contribution in [0.2, 0.25) is 0 Å². The maximum Gasteiger partial charge on any atom is 0.325 e. The van der Waals surface area contributed by atoms with Crippen molar-refractivity contribution in [2.24, 2.45) is 0 Å². The first kappa shape index (κ1) is 22.2. The second-order valence-corrected chi connectivity index (χ2v) is 8.40. The van der Waals surface area contributed by atoms with Gasteiger partial charge in [-0.3, -0.25) is 14.6 Å². The number of anilines is 1. The molecule has 2 heterocycles. The highest BCUT2D eigenvalue weighted by atomic mass is 19.1. The van der Waals surface area contributed by atoms with Crippen molar-refractivity contribution in [3.8, 4) is 0 Å². The van der Waals surface area contributed by atoms with E-state index in [2.05, 4.69) is 15.1 Å². The molecule has 0 bridgehead atoms. The second kappa shape index (κ2) is 8.84. The van der Waals surface area contributed by atoms with E-state index in [1.54, 1.807) is 19.1 Å². The highest BCUT2D eigenvalue weighted by Gasteiger charge is 2.49. The van der Waals surface area contributed by atoms with Gasteiger partial charge >= 0.3 is 6.03 Å². The minimum atomic E-state index is -1.30. The summed E-state index contributed by atoms with van der Waals surface area (Å²) >= 11 is 0. The number of carbonyl (C=O) groups excluding carboxylic acids is 2. The Balaban J connectivity index is 1.32. The fourth-order valence-corrected chi connectivity index (χ4v) is 4.25. The van der Waals surface area contributed by atoms with Gasteiger partial charge in [-0.05, 0) is 48.9 Å². The first-order chi connectivity index (χ1) is 15.3. The van der Waals surface area contributed by atoms with Crippen LogP contribution in [0.4, 0.5) is 19.3 Å². The summed E-state index contributed by atoms with van der Waals surface area (Å²) in [5.41, 5.74) is 0.128. The molecule has 2 atom stereocenters. The van der Waals surface area contributed by atoms with Crippen molar-refractivity contribution in [3.05, 3.63) is 65.7 Å². The van der Waals surface area contributed by atoms with E-state index in [0.717, 1.165) is 23.7 Å². The van der Waals surface area contributed by atoms with Crippen LogP contribution < -0.4 is 10.2 Å². The third-order valence-corrected chi connectivity index (χ3v) is 6.12. The van der Waals surface area contributed by atoms with Gasteiger partial charge in [-0.25, -0.2) is 13.6 Å². The Labute approximate surface area is 185 Å². The van der Waals surface area contributed by atoms with Gasteiger partial charge in [0.05, 0.1) is 12.6 Å².